The van der Waals surface area contributed by atoms with E-state index in [0.29, 0.717) is 18.7 Å². The van der Waals surface area contributed by atoms with Crippen LogP contribution < -0.4 is 0 Å². The van der Waals surface area contributed by atoms with Crippen LogP contribution in [0.3, 0.4) is 0 Å². The highest BCUT2D eigenvalue weighted by molar-refractivity contribution is 5.94. The monoisotopic (exact) mass is 321 g/mol. The van der Waals surface area contributed by atoms with Crippen LogP contribution >= 0.6 is 0 Å². The van der Waals surface area contributed by atoms with Gasteiger partial charge in [0.1, 0.15) is 0 Å². The van der Waals surface area contributed by atoms with Gasteiger partial charge < -0.3 is 10.0 Å². The Hall–Kier alpha value is -1.99. The quantitative estimate of drug-likeness (QED) is 0.467. The summed E-state index contributed by atoms with van der Waals surface area (Å²) < 4.78 is 0. The predicted octanol–water partition coefficient (Wildman–Crippen LogP) is 1.52. The van der Waals surface area contributed by atoms with E-state index in [9.17, 15) is 14.9 Å². The molecular formula is C16H23N3O4. The van der Waals surface area contributed by atoms with E-state index in [4.69, 9.17) is 5.11 Å². The number of carbonyl (C=O) groups is 1. The molecule has 0 atom stereocenters. The molecule has 0 bridgehead atoms. The maximum absolute atomic E-state index is 12.4. The third kappa shape index (κ3) is 5.01. The molecule has 0 saturated carbocycles. The van der Waals surface area contributed by atoms with Gasteiger partial charge in [0.25, 0.3) is 11.6 Å². The number of non-ortho nitro benzene ring substituents is 1. The zero-order valence-electron chi connectivity index (χ0n) is 13.2. The minimum atomic E-state index is -0.468. The Morgan fingerprint density at radius 1 is 1.09 bits per heavy atom. The second-order valence-electron chi connectivity index (χ2n) is 5.72. The molecular weight excluding hydrogens is 298 g/mol. The minimum Gasteiger partial charge on any atom is -0.396 e. The van der Waals surface area contributed by atoms with Crippen LogP contribution in [0, 0.1) is 10.1 Å². The molecule has 126 valence electrons. The number of amides is 1. The van der Waals surface area contributed by atoms with E-state index in [-0.39, 0.29) is 18.2 Å². The van der Waals surface area contributed by atoms with E-state index in [1.807, 2.05) is 0 Å². The lowest BCUT2D eigenvalue weighted by Gasteiger charge is -2.34. The maximum Gasteiger partial charge on any atom is 0.269 e. The van der Waals surface area contributed by atoms with Gasteiger partial charge in [-0.05, 0) is 37.9 Å². The minimum absolute atomic E-state index is 0.00533. The molecule has 7 nitrogen and oxygen atoms in total. The zero-order valence-corrected chi connectivity index (χ0v) is 13.2. The van der Waals surface area contributed by atoms with Crippen molar-refractivity contribution in [1.82, 2.24) is 9.80 Å². The van der Waals surface area contributed by atoms with Gasteiger partial charge in [-0.15, -0.1) is 0 Å². The molecule has 1 aliphatic heterocycles. The average molecular weight is 321 g/mol. The molecule has 1 saturated heterocycles. The summed E-state index contributed by atoms with van der Waals surface area (Å²) in [4.78, 5) is 26.7. The molecule has 2 rings (SSSR count). The highest BCUT2D eigenvalue weighted by Gasteiger charge is 2.22. The van der Waals surface area contributed by atoms with E-state index in [0.717, 1.165) is 38.9 Å². The second kappa shape index (κ2) is 8.59. The number of piperazine rings is 1. The number of benzene rings is 1. The summed E-state index contributed by atoms with van der Waals surface area (Å²) in [6.07, 6.45) is 2.94. The molecule has 0 aliphatic carbocycles. The van der Waals surface area contributed by atoms with Crippen molar-refractivity contribution in [2.75, 3.05) is 39.3 Å². The van der Waals surface area contributed by atoms with Crippen LogP contribution in [0.1, 0.15) is 29.6 Å². The van der Waals surface area contributed by atoms with Crippen LogP contribution in [0.5, 0.6) is 0 Å². The van der Waals surface area contributed by atoms with Gasteiger partial charge in [-0.3, -0.25) is 19.8 Å². The molecule has 1 aromatic carbocycles. The van der Waals surface area contributed by atoms with Crippen molar-refractivity contribution in [1.29, 1.82) is 0 Å². The van der Waals surface area contributed by atoms with E-state index in [1.54, 1.807) is 4.90 Å². The van der Waals surface area contributed by atoms with E-state index >= 15 is 0 Å². The van der Waals surface area contributed by atoms with Gasteiger partial charge in [-0.1, -0.05) is 0 Å². The Labute approximate surface area is 135 Å². The van der Waals surface area contributed by atoms with Crippen molar-refractivity contribution in [3.8, 4) is 0 Å². The Morgan fingerprint density at radius 3 is 2.30 bits per heavy atom. The van der Waals surface area contributed by atoms with E-state index < -0.39 is 4.92 Å². The largest absolute Gasteiger partial charge is 0.396 e. The van der Waals surface area contributed by atoms with Gasteiger partial charge in [0.05, 0.1) is 4.92 Å². The third-order valence-corrected chi connectivity index (χ3v) is 4.12. The van der Waals surface area contributed by atoms with Crippen molar-refractivity contribution in [2.45, 2.75) is 19.3 Å². The first-order valence-electron chi connectivity index (χ1n) is 7.99. The number of rotatable bonds is 7. The average Bonchev–Trinajstić information content (AvgIpc) is 2.59. The number of nitrogens with zero attached hydrogens (tertiary/aromatic N) is 3. The molecule has 7 heteroatoms. The van der Waals surface area contributed by atoms with Crippen LogP contribution in [0.25, 0.3) is 0 Å². The molecule has 1 aliphatic rings. The Bertz CT molecular complexity index is 525. The molecule has 23 heavy (non-hydrogen) atoms. The van der Waals surface area contributed by atoms with Gasteiger partial charge in [-0.25, -0.2) is 0 Å². The highest BCUT2D eigenvalue weighted by atomic mass is 16.6. The molecule has 0 unspecified atom stereocenters. The first-order chi connectivity index (χ1) is 11.1. The number of carbonyl (C=O) groups excluding carboxylic acids is 1. The summed E-state index contributed by atoms with van der Waals surface area (Å²) in [5.74, 6) is -0.0696. The molecule has 0 aromatic heterocycles. The highest BCUT2D eigenvalue weighted by Crippen LogP contribution is 2.15. The molecule has 1 N–H and O–H groups in total. The van der Waals surface area contributed by atoms with Gasteiger partial charge in [0, 0.05) is 50.5 Å². The molecule has 1 heterocycles. The molecule has 1 amide bonds. The lowest BCUT2D eigenvalue weighted by atomic mass is 10.1. The topological polar surface area (TPSA) is 86.9 Å². The summed E-state index contributed by atoms with van der Waals surface area (Å²) in [5.41, 5.74) is 0.487. The predicted molar refractivity (Wildman–Crippen MR) is 86.4 cm³/mol. The number of nitro groups is 1. The summed E-state index contributed by atoms with van der Waals surface area (Å²) in [6.45, 7) is 4.29. The first-order valence-corrected chi connectivity index (χ1v) is 7.99. The van der Waals surface area contributed by atoms with Crippen LogP contribution in [0.4, 0.5) is 5.69 Å². The van der Waals surface area contributed by atoms with Crippen LogP contribution in [0.2, 0.25) is 0 Å². The lowest BCUT2D eigenvalue weighted by molar-refractivity contribution is -0.384. The lowest BCUT2D eigenvalue weighted by Crippen LogP contribution is -2.48. The summed E-state index contributed by atoms with van der Waals surface area (Å²) >= 11 is 0. The summed E-state index contributed by atoms with van der Waals surface area (Å²) in [6, 6.07) is 5.76. The normalized spacial score (nSPS) is 15.6. The molecule has 0 spiro atoms. The van der Waals surface area contributed by atoms with Crippen molar-refractivity contribution in [3.63, 3.8) is 0 Å². The third-order valence-electron chi connectivity index (χ3n) is 4.12. The smallest absolute Gasteiger partial charge is 0.269 e. The van der Waals surface area contributed by atoms with E-state index in [2.05, 4.69) is 4.90 Å². The number of hydrogen-bond donors (Lipinski definition) is 1. The fourth-order valence-electron chi connectivity index (χ4n) is 2.71. The molecule has 1 fully saturated rings. The Morgan fingerprint density at radius 2 is 1.74 bits per heavy atom. The van der Waals surface area contributed by atoms with Crippen LogP contribution in [-0.4, -0.2) is 65.1 Å². The number of aliphatic hydroxyl groups excluding tert-OH is 1. The van der Waals surface area contributed by atoms with Crippen molar-refractivity contribution in [3.05, 3.63) is 39.9 Å². The number of aliphatic hydroxyl groups is 1. The second-order valence-corrected chi connectivity index (χ2v) is 5.72. The van der Waals surface area contributed by atoms with Gasteiger partial charge in [0.15, 0.2) is 0 Å². The van der Waals surface area contributed by atoms with Gasteiger partial charge >= 0.3 is 0 Å². The van der Waals surface area contributed by atoms with Gasteiger partial charge in [-0.2, -0.15) is 0 Å². The standard InChI is InChI=1S/C16H23N3O4/c20-13-3-1-2-8-17-9-11-18(12-10-17)16(21)14-4-6-15(7-5-14)19(22)23/h4-7,20H,1-3,8-13H2. The SMILES string of the molecule is O=C(c1ccc([N+](=O)[O-])cc1)N1CCN(CCCCCO)CC1. The Kier molecular flexibility index (Phi) is 6.49. The number of unbranched alkanes of at least 4 members (excludes halogenated alkanes) is 2. The Balaban J connectivity index is 1.80. The number of hydrogen-bond acceptors (Lipinski definition) is 5. The van der Waals surface area contributed by atoms with Crippen molar-refractivity contribution >= 4 is 11.6 Å². The van der Waals surface area contributed by atoms with Crippen LogP contribution in [0.15, 0.2) is 24.3 Å². The maximum atomic E-state index is 12.4. The van der Waals surface area contributed by atoms with E-state index in [1.165, 1.54) is 24.3 Å². The first kappa shape index (κ1) is 17.4. The zero-order chi connectivity index (χ0) is 16.7. The fourth-order valence-corrected chi connectivity index (χ4v) is 2.71. The van der Waals surface area contributed by atoms with Crippen molar-refractivity contribution in [2.24, 2.45) is 0 Å². The summed E-state index contributed by atoms with van der Waals surface area (Å²) in [5, 5.41) is 19.4. The number of nitro benzene ring substituents is 1. The fraction of sp³-hybridized carbons (Fsp3) is 0.562. The van der Waals surface area contributed by atoms with Crippen LogP contribution in [-0.2, 0) is 0 Å². The molecule has 0 radical (unpaired) electrons. The van der Waals surface area contributed by atoms with Crippen molar-refractivity contribution < 1.29 is 14.8 Å². The molecule has 1 aromatic rings. The summed E-state index contributed by atoms with van der Waals surface area (Å²) in [7, 11) is 0. The van der Waals surface area contributed by atoms with Gasteiger partial charge in [0.2, 0.25) is 0 Å².